The molecule has 0 N–H and O–H groups in total. The van der Waals surface area contributed by atoms with E-state index in [0.29, 0.717) is 22.8 Å². The Balaban J connectivity index is 1.76. The van der Waals surface area contributed by atoms with Crippen LogP contribution < -0.4 is 9.64 Å². The summed E-state index contributed by atoms with van der Waals surface area (Å²) < 4.78 is 25.9. The number of carbonyl (C=O) groups is 1. The molecule has 1 amide bonds. The van der Waals surface area contributed by atoms with Gasteiger partial charge in [-0.3, -0.25) is 9.69 Å². The van der Waals surface area contributed by atoms with Gasteiger partial charge < -0.3 is 9.47 Å². The fraction of sp³-hybridized carbons (Fsp3) is 0.222. The molecule has 0 unspecified atom stereocenters. The number of ether oxygens (including phenoxy) is 2. The first-order chi connectivity index (χ1) is 12.6. The zero-order chi connectivity index (χ0) is 18.5. The van der Waals surface area contributed by atoms with E-state index in [1.165, 1.54) is 28.4 Å². The Morgan fingerprint density at radius 2 is 2.12 bits per heavy atom. The molecule has 0 saturated carbocycles. The average Bonchev–Trinajstić information content (AvgIpc) is 3.05. The van der Waals surface area contributed by atoms with E-state index in [4.69, 9.17) is 9.47 Å². The van der Waals surface area contributed by atoms with Crippen molar-refractivity contribution in [2.75, 3.05) is 31.8 Å². The number of benzene rings is 2. The number of para-hydroxylation sites is 1. The maximum absolute atomic E-state index is 13.9. The maximum atomic E-state index is 13.9. The summed E-state index contributed by atoms with van der Waals surface area (Å²) in [5.41, 5.74) is 0.822. The maximum Gasteiger partial charge on any atom is 0.266 e. The number of methoxy groups -OCH3 is 1. The quantitative estimate of drug-likeness (QED) is 0.552. The molecule has 0 aliphatic rings. The van der Waals surface area contributed by atoms with Crippen molar-refractivity contribution >= 4 is 48.5 Å². The molecule has 0 aliphatic carbocycles. The summed E-state index contributed by atoms with van der Waals surface area (Å²) >= 11 is 4.60. The van der Waals surface area contributed by atoms with Gasteiger partial charge in [-0.15, -0.1) is 0 Å². The molecule has 136 valence electrons. The number of nitrogens with zero attached hydrogens (tertiary/aromatic N) is 2. The Labute approximate surface area is 162 Å². The molecule has 0 spiro atoms. The number of carbonyl (C=O) groups excluding carboxylic acids is 1. The van der Waals surface area contributed by atoms with Crippen molar-refractivity contribution in [3.8, 4) is 5.75 Å². The van der Waals surface area contributed by atoms with Crippen molar-refractivity contribution in [1.82, 2.24) is 4.98 Å². The summed E-state index contributed by atoms with van der Waals surface area (Å²) in [7, 11) is 1.56. The van der Waals surface area contributed by atoms with Gasteiger partial charge in [-0.1, -0.05) is 39.4 Å². The largest absolute Gasteiger partial charge is 0.481 e. The number of hydrogen-bond donors (Lipinski definition) is 0. The van der Waals surface area contributed by atoms with E-state index < -0.39 is 5.82 Å². The summed E-state index contributed by atoms with van der Waals surface area (Å²) in [6.45, 7) is 0.397. The van der Waals surface area contributed by atoms with Gasteiger partial charge in [-0.05, 0) is 30.3 Å². The lowest BCUT2D eigenvalue weighted by Crippen LogP contribution is -2.37. The van der Waals surface area contributed by atoms with E-state index >= 15 is 0 Å². The molecule has 1 aromatic heterocycles. The van der Waals surface area contributed by atoms with Crippen molar-refractivity contribution in [3.05, 3.63) is 52.8 Å². The lowest BCUT2D eigenvalue weighted by atomic mass is 10.3. The summed E-state index contributed by atoms with van der Waals surface area (Å²) in [4.78, 5) is 18.7. The van der Waals surface area contributed by atoms with Crippen LogP contribution in [0.15, 0.2) is 46.9 Å². The first-order valence-electron chi connectivity index (χ1n) is 7.81. The van der Waals surface area contributed by atoms with Crippen LogP contribution >= 0.6 is 27.3 Å². The number of thiazole rings is 1. The summed E-state index contributed by atoms with van der Waals surface area (Å²) in [6.07, 6.45) is 0. The minimum Gasteiger partial charge on any atom is -0.481 e. The van der Waals surface area contributed by atoms with Gasteiger partial charge in [-0.2, -0.15) is 0 Å². The summed E-state index contributed by atoms with van der Waals surface area (Å²) in [5, 5.41) is 0.563. The lowest BCUT2D eigenvalue weighted by molar-refractivity contribution is -0.120. The van der Waals surface area contributed by atoms with Crippen molar-refractivity contribution in [2.24, 2.45) is 0 Å². The standard InChI is InChI=1S/C18H16BrFN2O3S/c1-24-9-8-22(18-21-14-4-2-3-5-16(14)26-18)17(23)11-25-15-7-6-12(19)10-13(15)20/h2-7,10H,8-9,11H2,1H3. The number of rotatable bonds is 7. The number of amides is 1. The normalized spacial score (nSPS) is 10.9. The number of aromatic nitrogens is 1. The average molecular weight is 439 g/mol. The van der Waals surface area contributed by atoms with Crippen LogP contribution in [0, 0.1) is 5.82 Å². The molecule has 2 aromatic carbocycles. The highest BCUT2D eigenvalue weighted by Gasteiger charge is 2.20. The van der Waals surface area contributed by atoms with Crippen LogP contribution in [0.3, 0.4) is 0 Å². The van der Waals surface area contributed by atoms with Gasteiger partial charge in [0.2, 0.25) is 0 Å². The molecular formula is C18H16BrFN2O3S. The molecule has 3 rings (SSSR count). The van der Waals surface area contributed by atoms with Crippen LogP contribution in [-0.2, 0) is 9.53 Å². The monoisotopic (exact) mass is 438 g/mol. The van der Waals surface area contributed by atoms with Gasteiger partial charge in [0.25, 0.3) is 5.91 Å². The van der Waals surface area contributed by atoms with Crippen LogP contribution in [-0.4, -0.2) is 37.8 Å². The van der Waals surface area contributed by atoms with Crippen molar-refractivity contribution in [2.45, 2.75) is 0 Å². The van der Waals surface area contributed by atoms with Crippen LogP contribution in [0.4, 0.5) is 9.52 Å². The minimum absolute atomic E-state index is 0.0255. The second-order valence-corrected chi connectivity index (χ2v) is 7.29. The molecule has 0 fully saturated rings. The van der Waals surface area contributed by atoms with E-state index in [0.717, 1.165) is 10.2 Å². The second-order valence-electron chi connectivity index (χ2n) is 5.37. The van der Waals surface area contributed by atoms with E-state index in [9.17, 15) is 9.18 Å². The third kappa shape index (κ3) is 4.38. The van der Waals surface area contributed by atoms with E-state index in [-0.39, 0.29) is 18.3 Å². The van der Waals surface area contributed by atoms with Gasteiger partial charge in [0.15, 0.2) is 23.3 Å². The molecule has 26 heavy (non-hydrogen) atoms. The highest BCUT2D eigenvalue weighted by Crippen LogP contribution is 2.29. The highest BCUT2D eigenvalue weighted by molar-refractivity contribution is 9.10. The molecule has 3 aromatic rings. The Morgan fingerprint density at radius 1 is 1.31 bits per heavy atom. The number of fused-ring (bicyclic) bond motifs is 1. The topological polar surface area (TPSA) is 51.7 Å². The number of hydrogen-bond acceptors (Lipinski definition) is 5. The SMILES string of the molecule is COCCN(C(=O)COc1ccc(Br)cc1F)c1nc2ccccc2s1. The molecule has 0 radical (unpaired) electrons. The van der Waals surface area contributed by atoms with Gasteiger partial charge in [-0.25, -0.2) is 9.37 Å². The molecule has 0 atom stereocenters. The first-order valence-corrected chi connectivity index (χ1v) is 9.42. The fourth-order valence-electron chi connectivity index (χ4n) is 2.29. The van der Waals surface area contributed by atoms with Crippen LogP contribution in [0.5, 0.6) is 5.75 Å². The Morgan fingerprint density at radius 3 is 2.85 bits per heavy atom. The fourth-order valence-corrected chi connectivity index (χ4v) is 3.64. The predicted molar refractivity (Wildman–Crippen MR) is 103 cm³/mol. The van der Waals surface area contributed by atoms with Crippen LogP contribution in [0.25, 0.3) is 10.2 Å². The third-order valence-corrected chi connectivity index (χ3v) is 5.13. The van der Waals surface area contributed by atoms with E-state index in [2.05, 4.69) is 20.9 Å². The zero-order valence-electron chi connectivity index (χ0n) is 13.9. The molecular weight excluding hydrogens is 423 g/mol. The van der Waals surface area contributed by atoms with Crippen LogP contribution in [0.1, 0.15) is 0 Å². The van der Waals surface area contributed by atoms with E-state index in [1.54, 1.807) is 13.2 Å². The summed E-state index contributed by atoms with van der Waals surface area (Å²) in [5.74, 6) is -0.823. The molecule has 5 nitrogen and oxygen atoms in total. The van der Waals surface area contributed by atoms with Gasteiger partial charge in [0.05, 0.1) is 23.4 Å². The van der Waals surface area contributed by atoms with Gasteiger partial charge in [0.1, 0.15) is 0 Å². The Hall–Kier alpha value is -2.03. The number of anilines is 1. The van der Waals surface area contributed by atoms with Crippen LogP contribution in [0.2, 0.25) is 0 Å². The van der Waals surface area contributed by atoms with E-state index in [1.807, 2.05) is 24.3 Å². The predicted octanol–water partition coefficient (Wildman–Crippen LogP) is 4.26. The minimum atomic E-state index is -0.532. The molecule has 1 heterocycles. The molecule has 0 aliphatic heterocycles. The Kier molecular flexibility index (Phi) is 6.18. The molecule has 0 saturated heterocycles. The van der Waals surface area contributed by atoms with Gasteiger partial charge >= 0.3 is 0 Å². The third-order valence-electron chi connectivity index (χ3n) is 3.58. The van der Waals surface area contributed by atoms with Crippen molar-refractivity contribution in [3.63, 3.8) is 0 Å². The zero-order valence-corrected chi connectivity index (χ0v) is 16.3. The molecule has 8 heteroatoms. The first kappa shape index (κ1) is 18.8. The smallest absolute Gasteiger partial charge is 0.266 e. The van der Waals surface area contributed by atoms with Gasteiger partial charge in [0, 0.05) is 11.6 Å². The lowest BCUT2D eigenvalue weighted by Gasteiger charge is -2.19. The van der Waals surface area contributed by atoms with Crippen molar-refractivity contribution < 1.29 is 18.7 Å². The molecule has 0 bridgehead atoms. The summed E-state index contributed by atoms with van der Waals surface area (Å²) in [6, 6.07) is 12.1. The number of halogens is 2. The van der Waals surface area contributed by atoms with Crippen molar-refractivity contribution in [1.29, 1.82) is 0 Å². The Bertz CT molecular complexity index is 885. The highest BCUT2D eigenvalue weighted by atomic mass is 79.9. The second kappa shape index (κ2) is 8.57.